The number of amides is 1. The average molecular weight is 502 g/mol. The van der Waals surface area contributed by atoms with Crippen molar-refractivity contribution in [3.05, 3.63) is 49.6 Å². The number of aryl methyl sites for hydroxylation is 2. The summed E-state index contributed by atoms with van der Waals surface area (Å²) in [6, 6.07) is 3.20. The lowest BCUT2D eigenvalue weighted by molar-refractivity contribution is -0.137. The van der Waals surface area contributed by atoms with E-state index >= 15 is 0 Å². The molecule has 0 aliphatic heterocycles. The summed E-state index contributed by atoms with van der Waals surface area (Å²) in [7, 11) is 0. The Labute approximate surface area is 195 Å². The van der Waals surface area contributed by atoms with E-state index in [0.717, 1.165) is 55.1 Å². The molecule has 2 heterocycles. The number of anilines is 1. The van der Waals surface area contributed by atoms with Gasteiger partial charge in [0, 0.05) is 17.1 Å². The Morgan fingerprint density at radius 2 is 2.06 bits per heavy atom. The van der Waals surface area contributed by atoms with Crippen molar-refractivity contribution in [3.63, 3.8) is 0 Å². The molecule has 0 spiro atoms. The summed E-state index contributed by atoms with van der Waals surface area (Å²) in [4.78, 5) is 32.0. The number of carbonyl (C=O) groups is 1. The first-order valence-electron chi connectivity index (χ1n) is 10.0. The molecule has 0 unspecified atom stereocenters. The third-order valence-electron chi connectivity index (χ3n) is 5.24. The predicted octanol–water partition coefficient (Wildman–Crippen LogP) is 5.76. The molecular formula is C21H19ClF3N3O2S2. The lowest BCUT2D eigenvalue weighted by Crippen LogP contribution is -2.24. The molecule has 3 aromatic rings. The third-order valence-corrected chi connectivity index (χ3v) is 7.74. The summed E-state index contributed by atoms with van der Waals surface area (Å²) >= 11 is 8.23. The molecule has 1 N–H and O–H groups in total. The molecular weight excluding hydrogens is 483 g/mol. The molecule has 0 radical (unpaired) electrons. The van der Waals surface area contributed by atoms with E-state index in [2.05, 4.69) is 10.3 Å². The summed E-state index contributed by atoms with van der Waals surface area (Å²) in [6.45, 7) is 2.24. The van der Waals surface area contributed by atoms with Crippen molar-refractivity contribution in [1.29, 1.82) is 0 Å². The van der Waals surface area contributed by atoms with Crippen molar-refractivity contribution in [3.8, 4) is 0 Å². The van der Waals surface area contributed by atoms with Gasteiger partial charge in [0.1, 0.15) is 4.83 Å². The summed E-state index contributed by atoms with van der Waals surface area (Å²) < 4.78 is 40.6. The van der Waals surface area contributed by atoms with Crippen LogP contribution in [0.3, 0.4) is 0 Å². The van der Waals surface area contributed by atoms with Gasteiger partial charge >= 0.3 is 6.18 Å². The van der Waals surface area contributed by atoms with Crippen molar-refractivity contribution in [2.24, 2.45) is 0 Å². The zero-order valence-electron chi connectivity index (χ0n) is 17.0. The zero-order chi connectivity index (χ0) is 23.0. The molecule has 1 aliphatic carbocycles. The smallest absolute Gasteiger partial charge is 0.325 e. The molecule has 0 atom stereocenters. The lowest BCUT2D eigenvalue weighted by atomic mass is 9.97. The normalized spacial score (nSPS) is 13.9. The second-order valence-corrected chi connectivity index (χ2v) is 9.80. The minimum Gasteiger partial charge on any atom is -0.325 e. The number of benzene rings is 1. The second-order valence-electron chi connectivity index (χ2n) is 7.36. The number of hydrogen-bond acceptors (Lipinski definition) is 5. The fourth-order valence-corrected chi connectivity index (χ4v) is 6.15. The highest BCUT2D eigenvalue weighted by Crippen LogP contribution is 2.37. The third kappa shape index (κ3) is 4.53. The molecule has 170 valence electrons. The van der Waals surface area contributed by atoms with E-state index in [1.165, 1.54) is 22.3 Å². The quantitative estimate of drug-likeness (QED) is 0.356. The molecule has 32 heavy (non-hydrogen) atoms. The number of carbonyl (C=O) groups excluding carboxylic acids is 1. The maximum absolute atomic E-state index is 13.1. The van der Waals surface area contributed by atoms with Gasteiger partial charge < -0.3 is 5.32 Å². The zero-order valence-corrected chi connectivity index (χ0v) is 19.4. The molecule has 0 saturated carbocycles. The largest absolute Gasteiger partial charge is 0.417 e. The Morgan fingerprint density at radius 3 is 2.78 bits per heavy atom. The van der Waals surface area contributed by atoms with Crippen molar-refractivity contribution in [2.45, 2.75) is 50.5 Å². The maximum atomic E-state index is 13.1. The SMILES string of the molecule is CCn1c(SCC(=O)Nc2ccc(Cl)c(C(F)(F)F)c2)nc2sc3c(c2c1=O)CCCC3. The number of thioether (sulfide) groups is 1. The molecule has 4 rings (SSSR count). The number of halogens is 4. The number of thiophene rings is 1. The second kappa shape index (κ2) is 9.07. The van der Waals surface area contributed by atoms with Crippen LogP contribution in [0.1, 0.15) is 35.8 Å². The van der Waals surface area contributed by atoms with Crippen molar-refractivity contribution in [2.75, 3.05) is 11.1 Å². The predicted molar refractivity (Wildman–Crippen MR) is 122 cm³/mol. The topological polar surface area (TPSA) is 64.0 Å². The number of fused-ring (bicyclic) bond motifs is 3. The van der Waals surface area contributed by atoms with Crippen molar-refractivity contribution < 1.29 is 18.0 Å². The van der Waals surface area contributed by atoms with Crippen molar-refractivity contribution >= 4 is 56.5 Å². The molecule has 0 saturated heterocycles. The Morgan fingerprint density at radius 1 is 1.31 bits per heavy atom. The van der Waals surface area contributed by atoms with Gasteiger partial charge in [-0.1, -0.05) is 23.4 Å². The van der Waals surface area contributed by atoms with Crippen LogP contribution in [0.4, 0.5) is 18.9 Å². The van der Waals surface area contributed by atoms with Crippen LogP contribution in [0.15, 0.2) is 28.2 Å². The fourth-order valence-electron chi connectivity index (χ4n) is 3.76. The van der Waals surface area contributed by atoms with Crippen LogP contribution in [0.25, 0.3) is 10.2 Å². The van der Waals surface area contributed by atoms with E-state index in [1.807, 2.05) is 6.92 Å². The van der Waals surface area contributed by atoms with E-state index in [1.54, 1.807) is 4.57 Å². The fraction of sp³-hybridized carbons (Fsp3) is 0.381. The van der Waals surface area contributed by atoms with Gasteiger partial charge in [0.25, 0.3) is 5.56 Å². The number of aromatic nitrogens is 2. The van der Waals surface area contributed by atoms with Gasteiger partial charge in [0.05, 0.1) is 21.7 Å². The first kappa shape index (κ1) is 23.1. The van der Waals surface area contributed by atoms with Crippen LogP contribution in [0, 0.1) is 0 Å². The first-order chi connectivity index (χ1) is 15.2. The van der Waals surface area contributed by atoms with E-state index in [4.69, 9.17) is 11.6 Å². The lowest BCUT2D eigenvalue weighted by Gasteiger charge is -2.13. The first-order valence-corrected chi connectivity index (χ1v) is 12.2. The monoisotopic (exact) mass is 501 g/mol. The standard InChI is InChI=1S/C21H19ClF3N3O2S2/c1-2-28-19(30)17-12-5-3-4-6-15(12)32-18(17)27-20(28)31-10-16(29)26-11-7-8-14(22)13(9-11)21(23,24)25/h7-9H,2-6,10H2,1H3,(H,26,29). The molecule has 0 fully saturated rings. The summed E-state index contributed by atoms with van der Waals surface area (Å²) in [5, 5.41) is 3.12. The van der Waals surface area contributed by atoms with Gasteiger partial charge in [-0.15, -0.1) is 11.3 Å². The highest BCUT2D eigenvalue weighted by Gasteiger charge is 2.33. The van der Waals surface area contributed by atoms with E-state index in [-0.39, 0.29) is 17.0 Å². The van der Waals surface area contributed by atoms with Gasteiger partial charge in [-0.2, -0.15) is 13.2 Å². The van der Waals surface area contributed by atoms with Crippen LogP contribution in [0.2, 0.25) is 5.02 Å². The van der Waals surface area contributed by atoms with Crippen LogP contribution in [-0.4, -0.2) is 21.2 Å². The van der Waals surface area contributed by atoms with Crippen molar-refractivity contribution in [1.82, 2.24) is 9.55 Å². The maximum Gasteiger partial charge on any atom is 0.417 e. The van der Waals surface area contributed by atoms with Crippen LogP contribution >= 0.6 is 34.7 Å². The average Bonchev–Trinajstić information content (AvgIpc) is 3.11. The summed E-state index contributed by atoms with van der Waals surface area (Å²) in [6.07, 6.45) is -0.630. The Hall–Kier alpha value is -2.04. The van der Waals surface area contributed by atoms with Gasteiger partial charge in [0.15, 0.2) is 5.16 Å². The van der Waals surface area contributed by atoms with Crippen LogP contribution < -0.4 is 10.9 Å². The van der Waals surface area contributed by atoms with Gasteiger partial charge in [0.2, 0.25) is 5.91 Å². The van der Waals surface area contributed by atoms with E-state index in [0.29, 0.717) is 21.9 Å². The highest BCUT2D eigenvalue weighted by atomic mass is 35.5. The number of alkyl halides is 3. The molecule has 1 amide bonds. The summed E-state index contributed by atoms with van der Waals surface area (Å²) in [5.41, 5.74) is -0.0199. The number of nitrogens with zero attached hydrogens (tertiary/aromatic N) is 2. The van der Waals surface area contributed by atoms with Crippen LogP contribution in [-0.2, 0) is 30.4 Å². The number of hydrogen-bond donors (Lipinski definition) is 1. The van der Waals surface area contributed by atoms with Gasteiger partial charge in [-0.3, -0.25) is 14.2 Å². The summed E-state index contributed by atoms with van der Waals surface area (Å²) in [5.74, 6) is -0.611. The van der Waals surface area contributed by atoms with E-state index in [9.17, 15) is 22.8 Å². The minimum atomic E-state index is -4.62. The minimum absolute atomic E-state index is 0.00505. The molecule has 2 aromatic heterocycles. The van der Waals surface area contributed by atoms with Crippen LogP contribution in [0.5, 0.6) is 0 Å². The Balaban J connectivity index is 1.54. The molecule has 1 aromatic carbocycles. The van der Waals surface area contributed by atoms with E-state index < -0.39 is 22.7 Å². The van der Waals surface area contributed by atoms with Gasteiger partial charge in [-0.05, 0) is 56.4 Å². The Bertz CT molecular complexity index is 1250. The molecule has 11 heteroatoms. The highest BCUT2D eigenvalue weighted by molar-refractivity contribution is 7.99. The molecule has 1 aliphatic rings. The molecule has 0 bridgehead atoms. The number of nitrogens with one attached hydrogen (secondary N) is 1. The molecule has 5 nitrogen and oxygen atoms in total. The Kier molecular flexibility index (Phi) is 6.56. The number of rotatable bonds is 5. The van der Waals surface area contributed by atoms with Gasteiger partial charge in [-0.25, -0.2) is 4.98 Å².